The van der Waals surface area contributed by atoms with Crippen molar-refractivity contribution < 1.29 is 4.74 Å². The van der Waals surface area contributed by atoms with Crippen molar-refractivity contribution in [3.8, 4) is 11.4 Å². The van der Waals surface area contributed by atoms with E-state index < -0.39 is 0 Å². The number of nitrogens with zero attached hydrogens (tertiary/aromatic N) is 2. The van der Waals surface area contributed by atoms with E-state index in [-0.39, 0.29) is 0 Å². The molecule has 0 atom stereocenters. The number of rotatable bonds is 4. The molecule has 0 fully saturated rings. The first-order valence-electron chi connectivity index (χ1n) is 5.22. The molecular weight excluding hydrogens is 293 g/mol. The molecule has 96 valence electrons. The van der Waals surface area contributed by atoms with Crippen molar-refractivity contribution in [1.29, 1.82) is 0 Å². The monoisotopic (exact) mass is 303 g/mol. The third-order valence-electron chi connectivity index (χ3n) is 2.40. The Balaban J connectivity index is 2.47. The number of aromatic nitrogens is 3. The van der Waals surface area contributed by atoms with Crippen molar-refractivity contribution in [2.75, 3.05) is 13.7 Å². The molecule has 18 heavy (non-hydrogen) atoms. The van der Waals surface area contributed by atoms with Crippen LogP contribution in [0.4, 0.5) is 0 Å². The van der Waals surface area contributed by atoms with Crippen LogP contribution in [0.2, 0.25) is 10.0 Å². The van der Waals surface area contributed by atoms with E-state index >= 15 is 0 Å². The van der Waals surface area contributed by atoms with Gasteiger partial charge in [0.05, 0.1) is 13.2 Å². The summed E-state index contributed by atoms with van der Waals surface area (Å²) >= 11 is 17.1. The van der Waals surface area contributed by atoms with E-state index in [9.17, 15) is 0 Å². The lowest BCUT2D eigenvalue weighted by atomic mass is 10.2. The summed E-state index contributed by atoms with van der Waals surface area (Å²) in [5.74, 6) is 0.696. The molecule has 0 aliphatic carbocycles. The van der Waals surface area contributed by atoms with Crippen LogP contribution in [0.1, 0.15) is 0 Å². The summed E-state index contributed by atoms with van der Waals surface area (Å²) in [6.45, 7) is 1.17. The molecule has 0 bridgehead atoms. The Bertz CT molecular complexity index is 588. The Morgan fingerprint density at radius 2 is 2.00 bits per heavy atom. The van der Waals surface area contributed by atoms with Crippen molar-refractivity contribution in [2.24, 2.45) is 0 Å². The molecule has 1 aromatic heterocycles. The summed E-state index contributed by atoms with van der Waals surface area (Å²) < 4.78 is 7.44. The quantitative estimate of drug-likeness (QED) is 0.878. The van der Waals surface area contributed by atoms with Gasteiger partial charge in [0.1, 0.15) is 0 Å². The zero-order chi connectivity index (χ0) is 13.1. The molecule has 2 rings (SSSR count). The number of ether oxygens (including phenoxy) is 1. The second-order valence-corrected chi connectivity index (χ2v) is 4.91. The number of H-pyrrole nitrogens is 1. The summed E-state index contributed by atoms with van der Waals surface area (Å²) in [5.41, 5.74) is 0.816. The minimum atomic E-state index is 0.540. The van der Waals surface area contributed by atoms with E-state index in [1.54, 1.807) is 25.3 Å². The SMILES string of the molecule is COCCn1c(-c2cc(Cl)cc(Cl)c2)n[nH]c1=S. The van der Waals surface area contributed by atoms with Gasteiger partial charge in [-0.2, -0.15) is 5.10 Å². The van der Waals surface area contributed by atoms with Gasteiger partial charge < -0.3 is 4.74 Å². The molecule has 7 heteroatoms. The molecule has 2 aromatic rings. The number of nitrogens with one attached hydrogen (secondary N) is 1. The number of halogens is 2. The predicted molar refractivity (Wildman–Crippen MR) is 74.7 cm³/mol. The lowest BCUT2D eigenvalue weighted by Crippen LogP contribution is -2.06. The van der Waals surface area contributed by atoms with Gasteiger partial charge in [-0.15, -0.1) is 0 Å². The highest BCUT2D eigenvalue weighted by Crippen LogP contribution is 2.26. The van der Waals surface area contributed by atoms with Crippen LogP contribution in [-0.2, 0) is 11.3 Å². The highest BCUT2D eigenvalue weighted by atomic mass is 35.5. The first-order valence-corrected chi connectivity index (χ1v) is 6.39. The topological polar surface area (TPSA) is 42.8 Å². The van der Waals surface area contributed by atoms with Crippen LogP contribution in [0.15, 0.2) is 18.2 Å². The number of methoxy groups -OCH3 is 1. The van der Waals surface area contributed by atoms with Gasteiger partial charge in [-0.25, -0.2) is 0 Å². The fourth-order valence-corrected chi connectivity index (χ4v) is 2.36. The molecule has 1 heterocycles. The summed E-state index contributed by atoms with van der Waals surface area (Å²) in [6, 6.07) is 5.26. The van der Waals surface area contributed by atoms with Crippen LogP contribution in [0.25, 0.3) is 11.4 Å². The third kappa shape index (κ3) is 2.92. The van der Waals surface area contributed by atoms with Gasteiger partial charge in [0.25, 0.3) is 0 Å². The zero-order valence-corrected chi connectivity index (χ0v) is 11.9. The van der Waals surface area contributed by atoms with Gasteiger partial charge in [-0.3, -0.25) is 9.67 Å². The Hall–Kier alpha value is -0.880. The average Bonchev–Trinajstić information content (AvgIpc) is 2.67. The van der Waals surface area contributed by atoms with Crippen LogP contribution < -0.4 is 0 Å². The summed E-state index contributed by atoms with van der Waals surface area (Å²) in [7, 11) is 1.64. The second-order valence-electron chi connectivity index (χ2n) is 3.65. The minimum absolute atomic E-state index is 0.540. The van der Waals surface area contributed by atoms with Crippen LogP contribution in [-0.4, -0.2) is 28.5 Å². The Morgan fingerprint density at radius 1 is 1.33 bits per heavy atom. The largest absolute Gasteiger partial charge is 0.383 e. The molecule has 1 N–H and O–H groups in total. The lowest BCUT2D eigenvalue weighted by molar-refractivity contribution is 0.187. The first kappa shape index (κ1) is 13.5. The van der Waals surface area contributed by atoms with E-state index in [0.717, 1.165) is 5.56 Å². The standard InChI is InChI=1S/C11H11Cl2N3OS/c1-17-3-2-16-10(14-15-11(16)18)7-4-8(12)6-9(13)5-7/h4-6H,2-3H2,1H3,(H,15,18). The smallest absolute Gasteiger partial charge is 0.195 e. The number of aromatic amines is 1. The minimum Gasteiger partial charge on any atom is -0.383 e. The van der Waals surface area contributed by atoms with E-state index in [2.05, 4.69) is 10.2 Å². The van der Waals surface area contributed by atoms with Crippen LogP contribution >= 0.6 is 35.4 Å². The number of hydrogen-bond acceptors (Lipinski definition) is 3. The molecule has 0 radical (unpaired) electrons. The van der Waals surface area contributed by atoms with Gasteiger partial charge in [0.2, 0.25) is 0 Å². The Morgan fingerprint density at radius 3 is 2.61 bits per heavy atom. The van der Waals surface area contributed by atoms with Crippen LogP contribution in [0, 0.1) is 4.77 Å². The molecule has 0 amide bonds. The highest BCUT2D eigenvalue weighted by Gasteiger charge is 2.10. The van der Waals surface area contributed by atoms with Gasteiger partial charge >= 0.3 is 0 Å². The summed E-state index contributed by atoms with van der Waals surface area (Å²) in [4.78, 5) is 0. The maximum Gasteiger partial charge on any atom is 0.195 e. The maximum atomic E-state index is 5.98. The van der Waals surface area contributed by atoms with Crippen molar-refractivity contribution in [2.45, 2.75) is 6.54 Å². The molecule has 0 saturated heterocycles. The molecule has 0 aliphatic rings. The van der Waals surface area contributed by atoms with Crippen molar-refractivity contribution in [3.05, 3.63) is 33.0 Å². The zero-order valence-electron chi connectivity index (χ0n) is 9.61. The fraction of sp³-hybridized carbons (Fsp3) is 0.273. The summed E-state index contributed by atoms with van der Waals surface area (Å²) in [5, 5.41) is 8.07. The fourth-order valence-electron chi connectivity index (χ4n) is 1.61. The van der Waals surface area contributed by atoms with Gasteiger partial charge in [0, 0.05) is 22.7 Å². The average molecular weight is 304 g/mol. The van der Waals surface area contributed by atoms with E-state index in [0.29, 0.717) is 33.8 Å². The molecule has 0 spiro atoms. The van der Waals surface area contributed by atoms with E-state index in [1.807, 2.05) is 4.57 Å². The molecule has 0 unspecified atom stereocenters. The van der Waals surface area contributed by atoms with Crippen molar-refractivity contribution >= 4 is 35.4 Å². The molecule has 4 nitrogen and oxygen atoms in total. The van der Waals surface area contributed by atoms with Crippen molar-refractivity contribution in [3.63, 3.8) is 0 Å². The first-order chi connectivity index (χ1) is 8.61. The van der Waals surface area contributed by atoms with E-state index in [4.69, 9.17) is 40.2 Å². The Kier molecular flexibility index (Phi) is 4.40. The van der Waals surface area contributed by atoms with Crippen LogP contribution in [0.5, 0.6) is 0 Å². The molecule has 0 saturated carbocycles. The van der Waals surface area contributed by atoms with Gasteiger partial charge in [-0.1, -0.05) is 23.2 Å². The van der Waals surface area contributed by atoms with Crippen molar-refractivity contribution in [1.82, 2.24) is 14.8 Å². The number of hydrogen-bond donors (Lipinski definition) is 1. The maximum absolute atomic E-state index is 5.98. The third-order valence-corrected chi connectivity index (χ3v) is 3.15. The van der Waals surface area contributed by atoms with E-state index in [1.165, 1.54) is 0 Å². The Labute approximate surface area is 119 Å². The van der Waals surface area contributed by atoms with Gasteiger partial charge in [0.15, 0.2) is 10.6 Å². The molecule has 0 aliphatic heterocycles. The number of benzene rings is 1. The highest BCUT2D eigenvalue weighted by molar-refractivity contribution is 7.71. The normalized spacial score (nSPS) is 10.8. The second kappa shape index (κ2) is 5.84. The van der Waals surface area contributed by atoms with Gasteiger partial charge in [-0.05, 0) is 30.4 Å². The molecule has 1 aromatic carbocycles. The predicted octanol–water partition coefficient (Wildman–Crippen LogP) is 3.56. The van der Waals surface area contributed by atoms with Crippen LogP contribution in [0.3, 0.4) is 0 Å². The molecular formula is C11H11Cl2N3OS. The summed E-state index contributed by atoms with van der Waals surface area (Å²) in [6.07, 6.45) is 0. The lowest BCUT2D eigenvalue weighted by Gasteiger charge is -2.06.